The summed E-state index contributed by atoms with van der Waals surface area (Å²) in [6, 6.07) is 16.9. The van der Waals surface area contributed by atoms with Crippen molar-refractivity contribution in [2.24, 2.45) is 0 Å². The minimum absolute atomic E-state index is 0.0666. The van der Waals surface area contributed by atoms with Crippen LogP contribution in [0.2, 0.25) is 0 Å². The number of amides is 2. The Hall–Kier alpha value is -3.02. The molecule has 178 valence electrons. The Labute approximate surface area is 197 Å². The topological polar surface area (TPSA) is 67.9 Å². The van der Waals surface area contributed by atoms with Crippen LogP contribution in [0.4, 0.5) is 0 Å². The highest BCUT2D eigenvalue weighted by atomic mass is 16.5. The molecule has 0 bridgehead atoms. The molecule has 0 spiro atoms. The third-order valence-corrected chi connectivity index (χ3v) is 6.24. The van der Waals surface area contributed by atoms with Crippen molar-refractivity contribution in [1.29, 1.82) is 0 Å². The lowest BCUT2D eigenvalue weighted by molar-refractivity contribution is -0.142. The van der Waals surface area contributed by atoms with Crippen molar-refractivity contribution in [1.82, 2.24) is 10.2 Å². The van der Waals surface area contributed by atoms with Gasteiger partial charge in [0.2, 0.25) is 5.91 Å². The molecule has 0 aliphatic heterocycles. The number of ether oxygens (including phenoxy) is 2. The van der Waals surface area contributed by atoms with Crippen molar-refractivity contribution >= 4 is 11.8 Å². The maximum atomic E-state index is 13.3. The maximum Gasteiger partial charge on any atom is 0.261 e. The van der Waals surface area contributed by atoms with E-state index < -0.39 is 6.04 Å². The van der Waals surface area contributed by atoms with Crippen molar-refractivity contribution in [3.8, 4) is 11.5 Å². The number of carbonyl (C=O) groups is 2. The summed E-state index contributed by atoms with van der Waals surface area (Å²) >= 11 is 0. The van der Waals surface area contributed by atoms with Crippen LogP contribution in [0, 0.1) is 0 Å². The third-order valence-electron chi connectivity index (χ3n) is 6.24. The van der Waals surface area contributed by atoms with Gasteiger partial charge >= 0.3 is 0 Å². The monoisotopic (exact) mass is 452 g/mol. The molecule has 33 heavy (non-hydrogen) atoms. The van der Waals surface area contributed by atoms with Gasteiger partial charge in [0.15, 0.2) is 18.1 Å². The van der Waals surface area contributed by atoms with Crippen LogP contribution >= 0.6 is 0 Å². The highest BCUT2D eigenvalue weighted by molar-refractivity contribution is 5.88. The fourth-order valence-corrected chi connectivity index (χ4v) is 4.40. The molecule has 2 aromatic carbocycles. The fourth-order valence-electron chi connectivity index (χ4n) is 4.40. The normalized spacial score (nSPS) is 14.8. The first-order valence-electron chi connectivity index (χ1n) is 12.0. The lowest BCUT2D eigenvalue weighted by Gasteiger charge is -2.32. The minimum Gasteiger partial charge on any atom is -0.493 e. The van der Waals surface area contributed by atoms with Crippen LogP contribution in [-0.4, -0.2) is 49.1 Å². The summed E-state index contributed by atoms with van der Waals surface area (Å²) in [4.78, 5) is 28.2. The van der Waals surface area contributed by atoms with E-state index in [1.807, 2.05) is 49.4 Å². The number of carbonyl (C=O) groups excluding carboxylic acids is 2. The Bertz CT molecular complexity index is 881. The van der Waals surface area contributed by atoms with E-state index in [0.717, 1.165) is 31.2 Å². The van der Waals surface area contributed by atoms with Gasteiger partial charge < -0.3 is 19.7 Å². The van der Waals surface area contributed by atoms with E-state index in [4.69, 9.17) is 9.47 Å². The quantitative estimate of drug-likeness (QED) is 0.550. The van der Waals surface area contributed by atoms with Crippen molar-refractivity contribution in [3.63, 3.8) is 0 Å². The Kier molecular flexibility index (Phi) is 9.60. The Morgan fingerprint density at radius 1 is 1.00 bits per heavy atom. The number of rotatable bonds is 11. The number of para-hydroxylation sites is 2. The molecule has 3 rings (SSSR count). The third kappa shape index (κ3) is 7.24. The van der Waals surface area contributed by atoms with Crippen LogP contribution in [-0.2, 0) is 16.0 Å². The van der Waals surface area contributed by atoms with E-state index in [2.05, 4.69) is 5.32 Å². The smallest absolute Gasteiger partial charge is 0.261 e. The number of nitrogens with zero attached hydrogens (tertiary/aromatic N) is 1. The zero-order valence-corrected chi connectivity index (χ0v) is 19.8. The number of hydrogen-bond acceptors (Lipinski definition) is 4. The largest absolute Gasteiger partial charge is 0.493 e. The second-order valence-electron chi connectivity index (χ2n) is 8.53. The molecule has 2 aromatic rings. The number of nitrogens with one attached hydrogen (secondary N) is 1. The zero-order chi connectivity index (χ0) is 23.5. The van der Waals surface area contributed by atoms with E-state index in [1.54, 1.807) is 24.1 Å². The van der Waals surface area contributed by atoms with Gasteiger partial charge in [-0.05, 0) is 43.4 Å². The van der Waals surface area contributed by atoms with Gasteiger partial charge in [0.1, 0.15) is 6.04 Å². The van der Waals surface area contributed by atoms with Crippen LogP contribution < -0.4 is 14.8 Å². The molecule has 1 aliphatic rings. The van der Waals surface area contributed by atoms with Crippen molar-refractivity contribution in [2.45, 2.75) is 64.0 Å². The molecular weight excluding hydrogens is 416 g/mol. The second kappa shape index (κ2) is 12.9. The first-order chi connectivity index (χ1) is 16.1. The Morgan fingerprint density at radius 3 is 2.33 bits per heavy atom. The molecule has 6 nitrogen and oxygen atoms in total. The lowest BCUT2D eigenvalue weighted by atomic mass is 9.95. The van der Waals surface area contributed by atoms with Crippen LogP contribution in [0.1, 0.15) is 51.0 Å². The lowest BCUT2D eigenvalue weighted by Crippen LogP contribution is -2.53. The summed E-state index contributed by atoms with van der Waals surface area (Å²) in [6.45, 7) is 2.26. The van der Waals surface area contributed by atoms with E-state index >= 15 is 0 Å². The van der Waals surface area contributed by atoms with E-state index in [0.29, 0.717) is 30.9 Å². The molecule has 1 N–H and O–H groups in total. The molecule has 6 heteroatoms. The minimum atomic E-state index is -0.524. The molecule has 1 saturated carbocycles. The number of hydrogen-bond donors (Lipinski definition) is 1. The predicted octanol–water partition coefficient (Wildman–Crippen LogP) is 4.37. The number of methoxy groups -OCH3 is 1. The van der Waals surface area contributed by atoms with E-state index in [1.165, 1.54) is 6.42 Å². The van der Waals surface area contributed by atoms with E-state index in [-0.39, 0.29) is 24.5 Å². The van der Waals surface area contributed by atoms with Gasteiger partial charge in [-0.1, -0.05) is 68.7 Å². The summed E-state index contributed by atoms with van der Waals surface area (Å²) in [5.74, 6) is 0.810. The molecule has 1 aliphatic carbocycles. The highest BCUT2D eigenvalue weighted by Crippen LogP contribution is 2.26. The van der Waals surface area contributed by atoms with Crippen LogP contribution in [0.3, 0.4) is 0 Å². The van der Waals surface area contributed by atoms with Gasteiger partial charge in [0.25, 0.3) is 5.91 Å². The molecule has 0 saturated heterocycles. The first-order valence-corrected chi connectivity index (χ1v) is 12.0. The standard InChI is InChI=1S/C27H36N2O4/c1-3-23(27(31)28-22-14-8-5-9-15-22)29(19-18-21-12-6-4-7-13-21)26(30)20-33-25-17-11-10-16-24(25)32-2/h4,6-7,10-13,16-17,22-23H,3,5,8-9,14-15,18-20H2,1-2H3,(H,28,31)/t23-/m1/s1. The van der Waals surface area contributed by atoms with Crippen molar-refractivity contribution < 1.29 is 19.1 Å². The van der Waals surface area contributed by atoms with Gasteiger partial charge in [-0.2, -0.15) is 0 Å². The van der Waals surface area contributed by atoms with Gasteiger partial charge in [0.05, 0.1) is 7.11 Å². The SMILES string of the molecule is CC[C@H](C(=O)NC1CCCCC1)N(CCc1ccccc1)C(=O)COc1ccccc1OC. The summed E-state index contributed by atoms with van der Waals surface area (Å²) in [5.41, 5.74) is 1.13. The average Bonchev–Trinajstić information content (AvgIpc) is 2.86. The van der Waals surface area contributed by atoms with Crippen molar-refractivity contribution in [2.75, 3.05) is 20.3 Å². The van der Waals surface area contributed by atoms with Gasteiger partial charge in [-0.15, -0.1) is 0 Å². The maximum absolute atomic E-state index is 13.3. The molecule has 0 unspecified atom stereocenters. The molecule has 2 amide bonds. The molecule has 0 aromatic heterocycles. The van der Waals surface area contributed by atoms with Gasteiger partial charge in [-0.25, -0.2) is 0 Å². The zero-order valence-electron chi connectivity index (χ0n) is 19.8. The van der Waals surface area contributed by atoms with E-state index in [9.17, 15) is 9.59 Å². The van der Waals surface area contributed by atoms with Crippen molar-refractivity contribution in [3.05, 3.63) is 60.2 Å². The average molecular weight is 453 g/mol. The first kappa shape index (κ1) is 24.6. The molecular formula is C27H36N2O4. The molecule has 1 fully saturated rings. The van der Waals surface area contributed by atoms with Crippen LogP contribution in [0.5, 0.6) is 11.5 Å². The predicted molar refractivity (Wildman–Crippen MR) is 129 cm³/mol. The summed E-state index contributed by atoms with van der Waals surface area (Å²) in [5, 5.41) is 3.20. The molecule has 0 radical (unpaired) electrons. The van der Waals surface area contributed by atoms with Gasteiger partial charge in [-0.3, -0.25) is 9.59 Å². The summed E-state index contributed by atoms with van der Waals surface area (Å²) < 4.78 is 11.1. The van der Waals surface area contributed by atoms with Crippen LogP contribution in [0.25, 0.3) is 0 Å². The number of benzene rings is 2. The molecule has 1 atom stereocenters. The fraction of sp³-hybridized carbons (Fsp3) is 0.481. The Balaban J connectivity index is 1.71. The summed E-state index contributed by atoms with van der Waals surface area (Å²) in [6.07, 6.45) is 6.76. The van der Waals surface area contributed by atoms with Gasteiger partial charge in [0, 0.05) is 12.6 Å². The molecule has 0 heterocycles. The Morgan fingerprint density at radius 2 is 1.67 bits per heavy atom. The highest BCUT2D eigenvalue weighted by Gasteiger charge is 2.30. The van der Waals surface area contributed by atoms with Crippen LogP contribution in [0.15, 0.2) is 54.6 Å². The summed E-state index contributed by atoms with van der Waals surface area (Å²) in [7, 11) is 1.57. The second-order valence-corrected chi connectivity index (χ2v) is 8.53.